The maximum Gasteiger partial charge on any atom is 0.284 e. The second kappa shape index (κ2) is 11.7. The molecule has 0 radical (unpaired) electrons. The lowest BCUT2D eigenvalue weighted by Gasteiger charge is -2.28. The zero-order valence-electron chi connectivity index (χ0n) is 21.9. The lowest BCUT2D eigenvalue weighted by atomic mass is 9.86. The van der Waals surface area contributed by atoms with Gasteiger partial charge in [0.15, 0.2) is 5.69 Å². The molecule has 214 valence electrons. The van der Waals surface area contributed by atoms with Gasteiger partial charge in [-0.3, -0.25) is 34.1 Å². The molecule has 2 fully saturated rings. The number of piperidine rings is 1. The zero-order chi connectivity index (χ0) is 28.4. The van der Waals surface area contributed by atoms with E-state index in [2.05, 4.69) is 15.7 Å². The summed E-state index contributed by atoms with van der Waals surface area (Å²) in [4.78, 5) is 50.8. The van der Waals surface area contributed by atoms with Gasteiger partial charge in [-0.1, -0.05) is 6.07 Å². The minimum atomic E-state index is -2.68. The van der Waals surface area contributed by atoms with Crippen LogP contribution in [0.4, 0.5) is 20.2 Å². The average Bonchev–Trinajstić information content (AvgIpc) is 3.44. The molecule has 13 heteroatoms. The van der Waals surface area contributed by atoms with Gasteiger partial charge in [-0.05, 0) is 56.6 Å². The third-order valence-electron chi connectivity index (χ3n) is 7.79. The molecule has 1 saturated heterocycles. The molecule has 1 saturated carbocycles. The highest BCUT2D eigenvalue weighted by Gasteiger charge is 2.45. The first kappa shape index (κ1) is 27.7. The Morgan fingerprint density at radius 2 is 1.88 bits per heavy atom. The van der Waals surface area contributed by atoms with Gasteiger partial charge in [0.05, 0.1) is 22.9 Å². The lowest BCUT2D eigenvalue weighted by Crippen LogP contribution is -2.54. The molecular formula is C27H32F2N6O5. The first-order valence-electron chi connectivity index (χ1n) is 13.5. The number of hydrogen-bond acceptors (Lipinski definition) is 8. The standard InChI is InChI=1S/C27H32F2N6O5/c28-24(29)23-18(30)13-34(33-23)16-7-5-15(6-8-16)14-40-12-2-11-31-19-4-1-3-17-22(19)27(39)35(26(17)38)20-9-10-21(36)32-25(20)37/h1,3-4,13,15-16,20,24,31H,2,5-12,14,30H2,(H,32,36,37)/t15-,16-,20?. The predicted molar refractivity (Wildman–Crippen MR) is 140 cm³/mol. The van der Waals surface area contributed by atoms with Crippen LogP contribution in [0.15, 0.2) is 24.4 Å². The molecule has 1 unspecified atom stereocenters. The Bertz CT molecular complexity index is 1310. The van der Waals surface area contributed by atoms with Crippen LogP contribution < -0.4 is 16.4 Å². The van der Waals surface area contributed by atoms with Crippen LogP contribution in [0.25, 0.3) is 0 Å². The smallest absolute Gasteiger partial charge is 0.284 e. The van der Waals surface area contributed by atoms with Crippen LogP contribution in [0.2, 0.25) is 0 Å². The van der Waals surface area contributed by atoms with E-state index in [0.717, 1.165) is 30.6 Å². The van der Waals surface area contributed by atoms with Gasteiger partial charge in [0, 0.05) is 38.1 Å². The van der Waals surface area contributed by atoms with Crippen molar-refractivity contribution in [3.8, 4) is 0 Å². The first-order valence-corrected chi connectivity index (χ1v) is 13.5. The average molecular weight is 559 g/mol. The van der Waals surface area contributed by atoms with E-state index in [1.807, 2.05) is 0 Å². The van der Waals surface area contributed by atoms with Crippen molar-refractivity contribution in [1.29, 1.82) is 0 Å². The number of fused-ring (bicyclic) bond motifs is 1. The molecule has 5 rings (SSSR count). The van der Waals surface area contributed by atoms with E-state index in [9.17, 15) is 28.0 Å². The molecular weight excluding hydrogens is 526 g/mol. The fraction of sp³-hybridized carbons (Fsp3) is 0.519. The summed E-state index contributed by atoms with van der Waals surface area (Å²) < 4.78 is 33.4. The summed E-state index contributed by atoms with van der Waals surface area (Å²) in [6, 6.07) is 4.01. The van der Waals surface area contributed by atoms with Gasteiger partial charge in [0.2, 0.25) is 11.8 Å². The van der Waals surface area contributed by atoms with Crippen molar-refractivity contribution in [3.05, 3.63) is 41.2 Å². The number of halogens is 2. The van der Waals surface area contributed by atoms with Crippen LogP contribution in [-0.2, 0) is 14.3 Å². The molecule has 1 aliphatic carbocycles. The number of hydrogen-bond donors (Lipinski definition) is 3. The number of rotatable bonds is 10. The number of imide groups is 2. The van der Waals surface area contributed by atoms with Crippen molar-refractivity contribution in [3.63, 3.8) is 0 Å². The molecule has 1 atom stereocenters. The lowest BCUT2D eigenvalue weighted by molar-refractivity contribution is -0.136. The predicted octanol–water partition coefficient (Wildman–Crippen LogP) is 3.05. The highest BCUT2D eigenvalue weighted by Crippen LogP contribution is 2.35. The summed E-state index contributed by atoms with van der Waals surface area (Å²) in [7, 11) is 0. The van der Waals surface area contributed by atoms with Crippen LogP contribution in [0, 0.1) is 5.92 Å². The number of carbonyl (C=O) groups is 4. The van der Waals surface area contributed by atoms with Gasteiger partial charge in [-0.2, -0.15) is 5.10 Å². The van der Waals surface area contributed by atoms with Gasteiger partial charge in [-0.15, -0.1) is 0 Å². The summed E-state index contributed by atoms with van der Waals surface area (Å²) in [5, 5.41) is 9.38. The van der Waals surface area contributed by atoms with Crippen molar-refractivity contribution in [1.82, 2.24) is 20.0 Å². The molecule has 4 N–H and O–H groups in total. The summed E-state index contributed by atoms with van der Waals surface area (Å²) in [6.07, 6.45) is 3.11. The van der Waals surface area contributed by atoms with E-state index in [1.165, 1.54) is 6.20 Å². The number of nitrogens with one attached hydrogen (secondary N) is 2. The second-order valence-corrected chi connectivity index (χ2v) is 10.5. The van der Waals surface area contributed by atoms with Gasteiger partial charge in [-0.25, -0.2) is 8.78 Å². The van der Waals surface area contributed by atoms with E-state index >= 15 is 0 Å². The molecule has 2 aliphatic heterocycles. The Morgan fingerprint density at radius 3 is 2.58 bits per heavy atom. The quantitative estimate of drug-likeness (QED) is 0.298. The number of alkyl halides is 2. The Labute approximate surface area is 229 Å². The molecule has 1 aromatic heterocycles. The minimum absolute atomic E-state index is 0.0251. The Morgan fingerprint density at radius 1 is 1.10 bits per heavy atom. The second-order valence-electron chi connectivity index (χ2n) is 10.5. The molecule has 0 spiro atoms. The largest absolute Gasteiger partial charge is 0.396 e. The zero-order valence-corrected chi connectivity index (χ0v) is 21.9. The van der Waals surface area contributed by atoms with Crippen LogP contribution in [0.5, 0.6) is 0 Å². The maximum atomic E-state index is 13.2. The Balaban J connectivity index is 1.05. The third kappa shape index (κ3) is 5.55. The van der Waals surface area contributed by atoms with Crippen molar-refractivity contribution < 1.29 is 32.7 Å². The van der Waals surface area contributed by atoms with Crippen LogP contribution in [0.1, 0.15) is 83.8 Å². The number of aromatic nitrogens is 2. The van der Waals surface area contributed by atoms with Crippen LogP contribution in [0.3, 0.4) is 0 Å². The van der Waals surface area contributed by atoms with Crippen molar-refractivity contribution in [2.45, 2.75) is 63.5 Å². The Hall–Kier alpha value is -3.87. The van der Waals surface area contributed by atoms with Crippen molar-refractivity contribution in [2.75, 3.05) is 30.8 Å². The molecule has 3 aliphatic rings. The maximum absolute atomic E-state index is 13.2. The van der Waals surface area contributed by atoms with E-state index in [1.54, 1.807) is 22.9 Å². The number of anilines is 2. The number of amides is 4. The highest BCUT2D eigenvalue weighted by atomic mass is 19.3. The topological polar surface area (TPSA) is 149 Å². The molecule has 40 heavy (non-hydrogen) atoms. The molecule has 2 aromatic rings. The molecule has 3 heterocycles. The molecule has 0 bridgehead atoms. The summed E-state index contributed by atoms with van der Waals surface area (Å²) >= 11 is 0. The van der Waals surface area contributed by atoms with Gasteiger partial charge >= 0.3 is 0 Å². The molecule has 4 amide bonds. The number of carbonyl (C=O) groups excluding carboxylic acids is 4. The van der Waals surface area contributed by atoms with E-state index < -0.39 is 36.1 Å². The normalized spacial score (nSPS) is 23.1. The van der Waals surface area contributed by atoms with Gasteiger partial charge in [0.25, 0.3) is 18.2 Å². The first-order chi connectivity index (χ1) is 19.2. The number of ether oxygens (including phenoxy) is 1. The molecule has 1 aromatic carbocycles. The monoisotopic (exact) mass is 558 g/mol. The van der Waals surface area contributed by atoms with Crippen molar-refractivity contribution in [2.24, 2.45) is 5.92 Å². The minimum Gasteiger partial charge on any atom is -0.396 e. The van der Waals surface area contributed by atoms with E-state index in [0.29, 0.717) is 37.8 Å². The fourth-order valence-electron chi connectivity index (χ4n) is 5.66. The number of nitrogen functional groups attached to an aromatic ring is 1. The van der Waals surface area contributed by atoms with Gasteiger partial charge in [0.1, 0.15) is 6.04 Å². The van der Waals surface area contributed by atoms with E-state index in [-0.39, 0.29) is 41.4 Å². The SMILES string of the molecule is Nc1cn([C@H]2CC[C@H](COCCCNc3cccc4c3C(=O)N(C3CCC(=O)NC3=O)C4=O)CC2)nc1C(F)F. The number of nitrogens with two attached hydrogens (primary N) is 1. The third-order valence-corrected chi connectivity index (χ3v) is 7.79. The van der Waals surface area contributed by atoms with Crippen LogP contribution in [-0.4, -0.2) is 64.1 Å². The fourth-order valence-corrected chi connectivity index (χ4v) is 5.66. The van der Waals surface area contributed by atoms with E-state index in [4.69, 9.17) is 10.5 Å². The number of nitrogens with zero attached hydrogens (tertiary/aromatic N) is 3. The highest BCUT2D eigenvalue weighted by molar-refractivity contribution is 6.25. The van der Waals surface area contributed by atoms with Gasteiger partial charge < -0.3 is 15.8 Å². The van der Waals surface area contributed by atoms with Crippen LogP contribution >= 0.6 is 0 Å². The summed E-state index contributed by atoms with van der Waals surface area (Å²) in [6.45, 7) is 1.62. The Kier molecular flexibility index (Phi) is 8.10. The summed E-state index contributed by atoms with van der Waals surface area (Å²) in [5.41, 5.74) is 6.30. The number of benzene rings is 1. The summed E-state index contributed by atoms with van der Waals surface area (Å²) in [5.74, 6) is -1.76. The van der Waals surface area contributed by atoms with Crippen molar-refractivity contribution >= 4 is 35.0 Å². The molecule has 11 nitrogen and oxygen atoms in total.